The molecule has 3 amide bonds. The Balaban J connectivity index is 1.63. The number of aromatic hydroxyl groups is 1. The van der Waals surface area contributed by atoms with Crippen molar-refractivity contribution in [2.45, 2.75) is 43.4 Å². The summed E-state index contributed by atoms with van der Waals surface area (Å²) >= 11 is 5.66. The monoisotopic (exact) mass is 601 g/mol. The summed E-state index contributed by atoms with van der Waals surface area (Å²) in [6.07, 6.45) is 4.09. The maximum atomic E-state index is 13.1. The van der Waals surface area contributed by atoms with Crippen molar-refractivity contribution in [1.82, 2.24) is 20.9 Å². The maximum Gasteiger partial charge on any atom is 0.326 e. The second-order valence-electron chi connectivity index (χ2n) is 9.53. The summed E-state index contributed by atoms with van der Waals surface area (Å²) in [5.74, 6) is -2.60. The number of thiol groups is 1. The third-order valence-electron chi connectivity index (χ3n) is 6.50. The molecule has 0 aliphatic heterocycles. The summed E-state index contributed by atoms with van der Waals surface area (Å²) in [5.41, 5.74) is 8.54. The van der Waals surface area contributed by atoms with Crippen LogP contribution in [0.1, 0.15) is 17.5 Å². The largest absolute Gasteiger partial charge is 0.508 e. The lowest BCUT2D eigenvalue weighted by Crippen LogP contribution is -2.58. The molecule has 0 fully saturated rings. The fraction of sp³-hybridized carbons (Fsp3) is 0.357. The molecule has 4 unspecified atom stereocenters. The lowest BCUT2D eigenvalue weighted by Gasteiger charge is -2.24. The van der Waals surface area contributed by atoms with E-state index in [0.29, 0.717) is 11.3 Å². The van der Waals surface area contributed by atoms with Crippen LogP contribution in [0.4, 0.5) is 0 Å². The third kappa shape index (κ3) is 9.17. The van der Waals surface area contributed by atoms with E-state index in [4.69, 9.17) is 5.73 Å². The number of hydrogen-bond donors (Lipinski definition) is 8. The summed E-state index contributed by atoms with van der Waals surface area (Å²) in [5, 5.41) is 27.8. The summed E-state index contributed by atoms with van der Waals surface area (Å²) in [4.78, 5) is 54.1. The number of aromatic amines is 1. The van der Waals surface area contributed by atoms with Crippen LogP contribution < -0.4 is 21.7 Å². The molecule has 4 atom stereocenters. The average Bonchev–Trinajstić information content (AvgIpc) is 3.36. The Labute approximate surface area is 247 Å². The summed E-state index contributed by atoms with van der Waals surface area (Å²) < 4.78 is 0. The van der Waals surface area contributed by atoms with Gasteiger partial charge in [-0.2, -0.15) is 24.4 Å². The van der Waals surface area contributed by atoms with E-state index in [1.165, 1.54) is 23.9 Å². The summed E-state index contributed by atoms with van der Waals surface area (Å²) in [6, 6.07) is 9.30. The molecule has 0 saturated carbocycles. The van der Waals surface area contributed by atoms with Gasteiger partial charge in [0.25, 0.3) is 0 Å². The smallest absolute Gasteiger partial charge is 0.326 e. The number of benzene rings is 2. The van der Waals surface area contributed by atoms with Gasteiger partial charge in [0, 0.05) is 29.3 Å². The Kier molecular flexibility index (Phi) is 11.9. The number of amides is 3. The maximum absolute atomic E-state index is 13.1. The number of hydrogen-bond acceptors (Lipinski definition) is 8. The number of carboxylic acid groups (broad SMARTS) is 1. The minimum absolute atomic E-state index is 0.0197. The van der Waals surface area contributed by atoms with Gasteiger partial charge < -0.3 is 36.9 Å². The molecule has 41 heavy (non-hydrogen) atoms. The number of H-pyrrole nitrogens is 1. The van der Waals surface area contributed by atoms with Gasteiger partial charge >= 0.3 is 5.97 Å². The Morgan fingerprint density at radius 1 is 0.927 bits per heavy atom. The number of carbonyl (C=O) groups excluding carboxylic acids is 3. The molecule has 3 rings (SSSR count). The number of aromatic nitrogens is 1. The van der Waals surface area contributed by atoms with E-state index in [2.05, 4.69) is 33.6 Å². The molecular weight excluding hydrogens is 566 g/mol. The number of nitrogens with one attached hydrogen (secondary N) is 4. The number of para-hydroxylation sites is 1. The number of aliphatic carboxylic acids is 1. The second-order valence-corrected chi connectivity index (χ2v) is 10.9. The molecular formula is C28H35N5O6S2. The van der Waals surface area contributed by atoms with Crippen LogP contribution in [0, 0.1) is 0 Å². The number of rotatable bonds is 15. The number of nitrogens with two attached hydrogens (primary N) is 1. The van der Waals surface area contributed by atoms with Gasteiger partial charge in [-0.25, -0.2) is 4.79 Å². The van der Waals surface area contributed by atoms with Crippen LogP contribution in [0.2, 0.25) is 0 Å². The van der Waals surface area contributed by atoms with Crippen LogP contribution in [0.15, 0.2) is 54.7 Å². The lowest BCUT2D eigenvalue weighted by molar-refractivity contribution is -0.142. The first kappa shape index (κ1) is 31.8. The molecule has 220 valence electrons. The molecule has 0 aliphatic carbocycles. The molecule has 0 saturated heterocycles. The van der Waals surface area contributed by atoms with Crippen LogP contribution in [0.5, 0.6) is 5.75 Å². The van der Waals surface area contributed by atoms with Crippen LogP contribution in [-0.2, 0) is 32.0 Å². The highest BCUT2D eigenvalue weighted by molar-refractivity contribution is 7.98. The van der Waals surface area contributed by atoms with Crippen molar-refractivity contribution in [1.29, 1.82) is 0 Å². The van der Waals surface area contributed by atoms with Crippen molar-refractivity contribution in [3.05, 3.63) is 65.9 Å². The van der Waals surface area contributed by atoms with Crippen molar-refractivity contribution in [3.63, 3.8) is 0 Å². The van der Waals surface area contributed by atoms with Crippen LogP contribution in [0.3, 0.4) is 0 Å². The number of carbonyl (C=O) groups is 4. The highest BCUT2D eigenvalue weighted by atomic mass is 32.2. The zero-order valence-corrected chi connectivity index (χ0v) is 24.2. The van der Waals surface area contributed by atoms with Crippen LogP contribution in [-0.4, -0.2) is 80.8 Å². The molecule has 0 spiro atoms. The van der Waals surface area contributed by atoms with Gasteiger partial charge in [-0.05, 0) is 54.2 Å². The Morgan fingerprint density at radius 2 is 1.56 bits per heavy atom. The molecule has 11 nitrogen and oxygen atoms in total. The fourth-order valence-electron chi connectivity index (χ4n) is 4.22. The first-order valence-electron chi connectivity index (χ1n) is 12.9. The SMILES string of the molecule is CSCCC(NC(=O)C(CS)NC(=O)C(N)Cc1c[nH]c2ccccc12)C(=O)NC(Cc1ccc(O)cc1)C(=O)O. The Bertz CT molecular complexity index is 1350. The van der Waals surface area contributed by atoms with Gasteiger partial charge in [-0.3, -0.25) is 14.4 Å². The zero-order valence-electron chi connectivity index (χ0n) is 22.5. The number of phenols is 1. The highest BCUT2D eigenvalue weighted by Gasteiger charge is 2.30. The van der Waals surface area contributed by atoms with Gasteiger partial charge in [0.2, 0.25) is 17.7 Å². The minimum atomic E-state index is -1.26. The van der Waals surface area contributed by atoms with Crippen LogP contribution >= 0.6 is 24.4 Å². The van der Waals surface area contributed by atoms with E-state index in [1.807, 2.05) is 30.5 Å². The molecule has 2 aromatic carbocycles. The van der Waals surface area contributed by atoms with Gasteiger partial charge in [0.1, 0.15) is 23.9 Å². The van der Waals surface area contributed by atoms with Gasteiger partial charge in [-0.1, -0.05) is 30.3 Å². The number of phenolic OH excluding ortho intramolecular Hbond substituents is 1. The fourth-order valence-corrected chi connectivity index (χ4v) is 4.95. The third-order valence-corrected chi connectivity index (χ3v) is 7.51. The molecule has 0 radical (unpaired) electrons. The number of carboxylic acids is 1. The first-order valence-corrected chi connectivity index (χ1v) is 15.0. The molecule has 1 aromatic heterocycles. The van der Waals surface area contributed by atoms with E-state index in [1.54, 1.807) is 18.3 Å². The number of fused-ring (bicyclic) bond motifs is 1. The lowest BCUT2D eigenvalue weighted by atomic mass is 10.0. The quantitative estimate of drug-likeness (QED) is 0.119. The van der Waals surface area contributed by atoms with E-state index >= 15 is 0 Å². The van der Waals surface area contributed by atoms with E-state index in [9.17, 15) is 29.4 Å². The van der Waals surface area contributed by atoms with Gasteiger partial charge in [0.15, 0.2) is 0 Å². The molecule has 0 bridgehead atoms. The van der Waals surface area contributed by atoms with Gasteiger partial charge in [0.05, 0.1) is 6.04 Å². The standard InChI is InChI=1S/C28H35N5O6S2/c1-41-11-10-22(26(36)32-23(28(38)39)12-16-6-8-18(34)9-7-16)31-27(37)24(15-40)33-25(35)20(29)13-17-14-30-21-5-3-2-4-19(17)21/h2-9,14,20,22-24,30,34,40H,10-13,15,29H2,1H3,(H,31,37)(H,32,36)(H,33,35)(H,38,39). The molecule has 0 aliphatic rings. The second kappa shape index (κ2) is 15.4. The first-order chi connectivity index (χ1) is 19.6. The molecule has 3 aromatic rings. The predicted molar refractivity (Wildman–Crippen MR) is 162 cm³/mol. The van der Waals surface area contributed by atoms with Crippen molar-refractivity contribution in [2.75, 3.05) is 17.8 Å². The van der Waals surface area contributed by atoms with Crippen LogP contribution in [0.25, 0.3) is 10.9 Å². The zero-order chi connectivity index (χ0) is 29.9. The Morgan fingerprint density at radius 3 is 2.22 bits per heavy atom. The normalized spacial score (nSPS) is 14.0. The van der Waals surface area contributed by atoms with Crippen molar-refractivity contribution in [2.24, 2.45) is 5.73 Å². The summed E-state index contributed by atoms with van der Waals surface area (Å²) in [7, 11) is 0. The van der Waals surface area contributed by atoms with Crippen molar-refractivity contribution in [3.8, 4) is 5.75 Å². The van der Waals surface area contributed by atoms with E-state index in [0.717, 1.165) is 16.5 Å². The Hall–Kier alpha value is -3.68. The van der Waals surface area contributed by atoms with E-state index in [-0.39, 0.29) is 30.8 Å². The highest BCUT2D eigenvalue weighted by Crippen LogP contribution is 2.19. The molecule has 8 N–H and O–H groups in total. The van der Waals surface area contributed by atoms with Gasteiger partial charge in [-0.15, -0.1) is 0 Å². The van der Waals surface area contributed by atoms with Crippen molar-refractivity contribution >= 4 is 59.0 Å². The number of thioether (sulfide) groups is 1. The topological polar surface area (TPSA) is 187 Å². The average molecular weight is 602 g/mol. The minimum Gasteiger partial charge on any atom is -0.508 e. The van der Waals surface area contributed by atoms with Crippen molar-refractivity contribution < 1.29 is 29.4 Å². The summed E-state index contributed by atoms with van der Waals surface area (Å²) in [6.45, 7) is 0. The molecule has 1 heterocycles. The predicted octanol–water partition coefficient (Wildman–Crippen LogP) is 1.21. The van der Waals surface area contributed by atoms with E-state index < -0.39 is 47.9 Å². The molecule has 13 heteroatoms.